The molecule has 0 saturated heterocycles. The monoisotopic (exact) mass is 386 g/mol. The molecule has 0 aliphatic carbocycles. The van der Waals surface area contributed by atoms with Gasteiger partial charge in [-0.25, -0.2) is 10.4 Å². The number of rotatable bonds is 4. The van der Waals surface area contributed by atoms with Gasteiger partial charge in [-0.15, -0.1) is 0 Å². The van der Waals surface area contributed by atoms with E-state index in [1.165, 1.54) is 0 Å². The molecule has 7 heteroatoms. The summed E-state index contributed by atoms with van der Waals surface area (Å²) in [7, 11) is 1.55. The van der Waals surface area contributed by atoms with Crippen molar-refractivity contribution in [3.8, 4) is 5.88 Å². The highest BCUT2D eigenvalue weighted by Crippen LogP contribution is 2.29. The van der Waals surface area contributed by atoms with Crippen molar-refractivity contribution in [2.45, 2.75) is 6.04 Å². The minimum absolute atomic E-state index is 0.308. The molecule has 0 spiro atoms. The minimum Gasteiger partial charge on any atom is -0.480 e. The smallest absolute Gasteiger partial charge is 0.237 e. The Morgan fingerprint density at radius 2 is 1.79 bits per heavy atom. The number of hydrogen-bond acceptors (Lipinski definition) is 5. The van der Waals surface area contributed by atoms with E-state index in [4.69, 9.17) is 10.6 Å². The molecule has 3 N–H and O–H groups in total. The summed E-state index contributed by atoms with van der Waals surface area (Å²) < 4.78 is 7.11. The number of hydrazine groups is 1. The lowest BCUT2D eigenvalue weighted by molar-refractivity contribution is 0.383. The predicted octanol–water partition coefficient (Wildman–Crippen LogP) is 2.56. The molecule has 1 atom stereocenters. The predicted molar refractivity (Wildman–Crippen MR) is 79.6 cm³/mol. The number of aromatic nitrogens is 2. The molecule has 0 amide bonds. The topological polar surface area (TPSA) is 73.1 Å². The first-order chi connectivity index (χ1) is 9.15. The van der Waals surface area contributed by atoms with Gasteiger partial charge in [0, 0.05) is 21.3 Å². The van der Waals surface area contributed by atoms with Crippen LogP contribution in [-0.2, 0) is 0 Å². The van der Waals surface area contributed by atoms with Crippen LogP contribution < -0.4 is 16.0 Å². The van der Waals surface area contributed by atoms with E-state index in [1.807, 2.05) is 18.2 Å². The number of ether oxygens (including phenoxy) is 1. The Hall–Kier alpha value is -1.02. The molecule has 1 aromatic carbocycles. The molecule has 1 unspecified atom stereocenters. The van der Waals surface area contributed by atoms with E-state index in [0.29, 0.717) is 11.6 Å². The molecule has 100 valence electrons. The summed E-state index contributed by atoms with van der Waals surface area (Å²) in [5.74, 6) is 6.10. The van der Waals surface area contributed by atoms with Crippen molar-refractivity contribution in [3.05, 3.63) is 50.8 Å². The third-order valence-corrected chi connectivity index (χ3v) is 3.46. The lowest BCUT2D eigenvalue weighted by Crippen LogP contribution is -2.30. The number of benzene rings is 1. The Labute approximate surface area is 127 Å². The summed E-state index contributed by atoms with van der Waals surface area (Å²) in [6.07, 6.45) is 3.18. The van der Waals surface area contributed by atoms with E-state index < -0.39 is 0 Å². The van der Waals surface area contributed by atoms with Crippen LogP contribution in [0, 0.1) is 0 Å². The van der Waals surface area contributed by atoms with Crippen LogP contribution in [0.3, 0.4) is 0 Å². The Bertz CT molecular complexity index is 559. The van der Waals surface area contributed by atoms with Crippen molar-refractivity contribution < 1.29 is 4.74 Å². The summed E-state index contributed by atoms with van der Waals surface area (Å²) in [6.45, 7) is 0. The van der Waals surface area contributed by atoms with Crippen molar-refractivity contribution in [3.63, 3.8) is 0 Å². The Morgan fingerprint density at radius 1 is 1.16 bits per heavy atom. The van der Waals surface area contributed by atoms with Gasteiger partial charge in [-0.05, 0) is 23.8 Å². The van der Waals surface area contributed by atoms with Crippen LogP contribution in [0.1, 0.15) is 17.3 Å². The van der Waals surface area contributed by atoms with Crippen molar-refractivity contribution in [2.75, 3.05) is 7.11 Å². The third kappa shape index (κ3) is 3.30. The molecule has 2 rings (SSSR count). The highest BCUT2D eigenvalue weighted by Gasteiger charge is 2.20. The van der Waals surface area contributed by atoms with Crippen LogP contribution in [0.5, 0.6) is 5.88 Å². The number of halogens is 2. The first-order valence-corrected chi connectivity index (χ1v) is 7.01. The van der Waals surface area contributed by atoms with E-state index >= 15 is 0 Å². The zero-order chi connectivity index (χ0) is 13.8. The normalized spacial score (nSPS) is 12.2. The highest BCUT2D eigenvalue weighted by molar-refractivity contribution is 9.11. The van der Waals surface area contributed by atoms with Gasteiger partial charge in [-0.2, -0.15) is 0 Å². The first kappa shape index (κ1) is 14.4. The van der Waals surface area contributed by atoms with Crippen LogP contribution in [-0.4, -0.2) is 17.1 Å². The van der Waals surface area contributed by atoms with Gasteiger partial charge in [0.15, 0.2) is 0 Å². The zero-order valence-electron chi connectivity index (χ0n) is 10.1. The number of nitrogens with two attached hydrogens (primary N) is 1. The zero-order valence-corrected chi connectivity index (χ0v) is 13.3. The fourth-order valence-corrected chi connectivity index (χ4v) is 3.10. The molecule has 0 bridgehead atoms. The summed E-state index contributed by atoms with van der Waals surface area (Å²) in [6, 6.07) is 5.56. The molecule has 0 aliphatic rings. The molecule has 2 aromatic rings. The quantitative estimate of drug-likeness (QED) is 0.623. The van der Waals surface area contributed by atoms with Gasteiger partial charge >= 0.3 is 0 Å². The van der Waals surface area contributed by atoms with Crippen LogP contribution in [0.25, 0.3) is 0 Å². The van der Waals surface area contributed by atoms with Crippen LogP contribution in [0.15, 0.2) is 39.5 Å². The fourth-order valence-electron chi connectivity index (χ4n) is 1.77. The third-order valence-electron chi connectivity index (χ3n) is 2.54. The van der Waals surface area contributed by atoms with E-state index in [-0.39, 0.29) is 6.04 Å². The van der Waals surface area contributed by atoms with E-state index in [2.05, 4.69) is 47.3 Å². The Balaban J connectivity index is 2.49. The second-order valence-electron chi connectivity index (χ2n) is 3.75. The Kier molecular flexibility index (Phi) is 4.87. The molecule has 1 aromatic heterocycles. The molecule has 1 heterocycles. The van der Waals surface area contributed by atoms with Crippen molar-refractivity contribution in [1.82, 2.24) is 15.4 Å². The van der Waals surface area contributed by atoms with Crippen LogP contribution in [0.2, 0.25) is 0 Å². The SMILES string of the molecule is COc1nccnc1C(NN)c1cc(Br)cc(Br)c1. The maximum absolute atomic E-state index is 5.66. The van der Waals surface area contributed by atoms with Crippen molar-refractivity contribution >= 4 is 31.9 Å². The van der Waals surface area contributed by atoms with Gasteiger partial charge in [-0.3, -0.25) is 10.8 Å². The summed E-state index contributed by atoms with van der Waals surface area (Å²) in [4.78, 5) is 8.43. The van der Waals surface area contributed by atoms with Crippen molar-refractivity contribution in [2.24, 2.45) is 5.84 Å². The average Bonchev–Trinajstić information content (AvgIpc) is 2.39. The molecule has 0 saturated carbocycles. The second kappa shape index (κ2) is 6.42. The molecular formula is C12H12Br2N4O. The van der Waals surface area contributed by atoms with Crippen LogP contribution >= 0.6 is 31.9 Å². The maximum Gasteiger partial charge on any atom is 0.237 e. The lowest BCUT2D eigenvalue weighted by atomic mass is 10.0. The summed E-state index contributed by atoms with van der Waals surface area (Å²) in [5, 5.41) is 0. The minimum atomic E-state index is -0.308. The fraction of sp³-hybridized carbons (Fsp3) is 0.167. The van der Waals surface area contributed by atoms with E-state index in [1.54, 1.807) is 19.5 Å². The highest BCUT2D eigenvalue weighted by atomic mass is 79.9. The van der Waals surface area contributed by atoms with E-state index in [0.717, 1.165) is 14.5 Å². The summed E-state index contributed by atoms with van der Waals surface area (Å²) >= 11 is 6.91. The van der Waals surface area contributed by atoms with Gasteiger partial charge < -0.3 is 4.74 Å². The summed E-state index contributed by atoms with van der Waals surface area (Å²) in [5.41, 5.74) is 4.32. The standard InChI is InChI=1S/C12H12Br2N4O/c1-19-12-11(16-2-3-17-12)10(18-15)7-4-8(13)6-9(14)5-7/h2-6,10,18H,15H2,1H3. The number of nitrogens with one attached hydrogen (secondary N) is 1. The van der Waals surface area contributed by atoms with Gasteiger partial charge in [0.05, 0.1) is 13.2 Å². The Morgan fingerprint density at radius 3 is 2.37 bits per heavy atom. The number of nitrogens with zero attached hydrogens (tertiary/aromatic N) is 2. The van der Waals surface area contributed by atoms with Crippen molar-refractivity contribution in [1.29, 1.82) is 0 Å². The number of methoxy groups -OCH3 is 1. The van der Waals surface area contributed by atoms with Gasteiger partial charge in [0.1, 0.15) is 5.69 Å². The molecule has 0 fully saturated rings. The molecule has 0 aliphatic heterocycles. The average molecular weight is 388 g/mol. The second-order valence-corrected chi connectivity index (χ2v) is 5.58. The van der Waals surface area contributed by atoms with Crippen LogP contribution in [0.4, 0.5) is 0 Å². The largest absolute Gasteiger partial charge is 0.480 e. The maximum atomic E-state index is 5.66. The van der Waals surface area contributed by atoms with E-state index in [9.17, 15) is 0 Å². The lowest BCUT2D eigenvalue weighted by Gasteiger charge is -2.18. The molecule has 0 radical (unpaired) electrons. The molecule has 5 nitrogen and oxygen atoms in total. The molecule has 19 heavy (non-hydrogen) atoms. The van der Waals surface area contributed by atoms with Gasteiger partial charge in [0.2, 0.25) is 5.88 Å². The van der Waals surface area contributed by atoms with Gasteiger partial charge in [-0.1, -0.05) is 31.9 Å². The number of hydrogen-bond donors (Lipinski definition) is 2. The first-order valence-electron chi connectivity index (χ1n) is 5.42. The van der Waals surface area contributed by atoms with Gasteiger partial charge in [0.25, 0.3) is 0 Å². The molecular weight excluding hydrogens is 376 g/mol.